The monoisotopic (exact) mass is 336 g/mol. The maximum absolute atomic E-state index is 10.6. The third-order valence-corrected chi connectivity index (χ3v) is 4.27. The van der Waals surface area contributed by atoms with E-state index in [0.29, 0.717) is 6.61 Å². The van der Waals surface area contributed by atoms with Gasteiger partial charge in [0.25, 0.3) is 0 Å². The molecule has 0 amide bonds. The summed E-state index contributed by atoms with van der Waals surface area (Å²) in [4.78, 5) is 10.6. The molecule has 0 unspecified atom stereocenters. The highest BCUT2D eigenvalue weighted by molar-refractivity contribution is 5.65. The Labute approximate surface area is 150 Å². The molecule has 0 rings (SSSR count). The molecule has 0 aromatic rings. The Bertz CT molecular complexity index is 307. The molecule has 0 atom stereocenters. The summed E-state index contributed by atoms with van der Waals surface area (Å²) in [5.41, 5.74) is 0. The smallest absolute Gasteiger partial charge is 0.302 e. The van der Waals surface area contributed by atoms with E-state index >= 15 is 0 Å². The lowest BCUT2D eigenvalue weighted by Gasteiger charge is -2.02. The second-order valence-corrected chi connectivity index (χ2v) is 6.71. The first-order valence-corrected chi connectivity index (χ1v) is 10.2. The Morgan fingerprint density at radius 2 is 1.12 bits per heavy atom. The average Bonchev–Trinajstić information content (AvgIpc) is 2.56. The van der Waals surface area contributed by atoms with Crippen molar-refractivity contribution in [3.05, 3.63) is 24.8 Å². The molecule has 24 heavy (non-hydrogen) atoms. The Hall–Kier alpha value is -1.05. The van der Waals surface area contributed by atoms with E-state index in [1.807, 2.05) is 6.08 Å². The number of esters is 1. The molecular weight excluding hydrogens is 296 g/mol. The summed E-state index contributed by atoms with van der Waals surface area (Å²) in [6, 6.07) is 0. The number of allylic oxidation sites excluding steroid dienone is 3. The van der Waals surface area contributed by atoms with Gasteiger partial charge in [0.15, 0.2) is 0 Å². The molecule has 0 saturated carbocycles. The minimum Gasteiger partial charge on any atom is -0.466 e. The largest absolute Gasteiger partial charge is 0.466 e. The van der Waals surface area contributed by atoms with Crippen molar-refractivity contribution in [2.75, 3.05) is 6.61 Å². The molecule has 0 aliphatic carbocycles. The fraction of sp³-hybridized carbons (Fsp3) is 0.773. The predicted octanol–water partition coefficient (Wildman–Crippen LogP) is 7.14. The maximum Gasteiger partial charge on any atom is 0.302 e. The van der Waals surface area contributed by atoms with E-state index in [4.69, 9.17) is 4.74 Å². The van der Waals surface area contributed by atoms with E-state index in [0.717, 1.165) is 6.42 Å². The van der Waals surface area contributed by atoms with E-state index in [-0.39, 0.29) is 5.97 Å². The Morgan fingerprint density at radius 1 is 0.708 bits per heavy atom. The first-order valence-electron chi connectivity index (χ1n) is 10.2. The first-order chi connectivity index (χ1) is 11.8. The molecule has 0 fully saturated rings. The van der Waals surface area contributed by atoms with Crippen LogP contribution in [0.25, 0.3) is 0 Å². The van der Waals surface area contributed by atoms with E-state index in [2.05, 4.69) is 18.7 Å². The zero-order valence-corrected chi connectivity index (χ0v) is 16.1. The van der Waals surface area contributed by atoms with Crippen molar-refractivity contribution in [1.29, 1.82) is 0 Å². The lowest BCUT2D eigenvalue weighted by molar-refractivity contribution is -0.141. The number of hydrogen-bond acceptors (Lipinski definition) is 2. The van der Waals surface area contributed by atoms with Gasteiger partial charge in [-0.3, -0.25) is 4.79 Å². The van der Waals surface area contributed by atoms with Crippen LogP contribution in [0, 0.1) is 0 Å². The van der Waals surface area contributed by atoms with Crippen LogP contribution in [0.15, 0.2) is 24.8 Å². The van der Waals surface area contributed by atoms with Crippen molar-refractivity contribution in [2.45, 2.75) is 103 Å². The van der Waals surface area contributed by atoms with Gasteiger partial charge in [0.2, 0.25) is 0 Å². The topological polar surface area (TPSA) is 26.3 Å². The summed E-state index contributed by atoms with van der Waals surface area (Å²) < 4.78 is 4.92. The molecule has 0 aromatic carbocycles. The van der Waals surface area contributed by atoms with E-state index in [1.54, 1.807) is 0 Å². The molecule has 0 aliphatic heterocycles. The van der Waals surface area contributed by atoms with Crippen molar-refractivity contribution in [2.24, 2.45) is 0 Å². The zero-order valence-electron chi connectivity index (χ0n) is 16.1. The van der Waals surface area contributed by atoms with Gasteiger partial charge in [0.1, 0.15) is 0 Å². The van der Waals surface area contributed by atoms with Crippen LogP contribution < -0.4 is 0 Å². The quantitative estimate of drug-likeness (QED) is 0.151. The number of unbranched alkanes of at least 4 members (excludes halogenated alkanes) is 13. The van der Waals surface area contributed by atoms with Crippen LogP contribution in [0.1, 0.15) is 103 Å². The number of ether oxygens (including phenoxy) is 1. The first kappa shape index (κ1) is 22.9. The van der Waals surface area contributed by atoms with Crippen molar-refractivity contribution in [3.8, 4) is 0 Å². The highest BCUT2D eigenvalue weighted by Gasteiger charge is 1.94. The second kappa shape index (κ2) is 20.0. The van der Waals surface area contributed by atoms with Crippen molar-refractivity contribution in [1.82, 2.24) is 0 Å². The van der Waals surface area contributed by atoms with E-state index < -0.39 is 0 Å². The van der Waals surface area contributed by atoms with Crippen LogP contribution >= 0.6 is 0 Å². The Balaban J connectivity index is 3.07. The molecule has 0 aromatic heterocycles. The minimum absolute atomic E-state index is 0.160. The number of carbonyl (C=O) groups is 1. The van der Waals surface area contributed by atoms with Gasteiger partial charge in [0, 0.05) is 6.92 Å². The molecule has 0 radical (unpaired) electrons. The summed E-state index contributed by atoms with van der Waals surface area (Å²) in [6.45, 7) is 5.82. The van der Waals surface area contributed by atoms with Gasteiger partial charge in [-0.1, -0.05) is 69.6 Å². The third kappa shape index (κ3) is 20.9. The molecule has 0 bridgehead atoms. The second-order valence-electron chi connectivity index (χ2n) is 6.71. The lowest BCUT2D eigenvalue weighted by Crippen LogP contribution is -2.00. The molecule has 2 heteroatoms. The van der Waals surface area contributed by atoms with Crippen LogP contribution in [0.4, 0.5) is 0 Å². The average molecular weight is 337 g/mol. The van der Waals surface area contributed by atoms with Crippen molar-refractivity contribution >= 4 is 5.97 Å². The van der Waals surface area contributed by atoms with Gasteiger partial charge in [-0.25, -0.2) is 0 Å². The number of rotatable bonds is 18. The van der Waals surface area contributed by atoms with Gasteiger partial charge in [0.05, 0.1) is 6.61 Å². The summed E-state index contributed by atoms with van der Waals surface area (Å²) in [6.07, 6.45) is 26.0. The van der Waals surface area contributed by atoms with Gasteiger partial charge in [-0.05, 0) is 44.9 Å². The summed E-state index contributed by atoms with van der Waals surface area (Å²) in [5, 5.41) is 0. The zero-order chi connectivity index (χ0) is 17.7. The molecule has 0 aliphatic rings. The van der Waals surface area contributed by atoms with E-state index in [1.165, 1.54) is 96.8 Å². The van der Waals surface area contributed by atoms with Crippen LogP contribution in [0.5, 0.6) is 0 Å². The fourth-order valence-corrected chi connectivity index (χ4v) is 2.78. The Morgan fingerprint density at radius 3 is 1.58 bits per heavy atom. The molecular formula is C22H40O2. The van der Waals surface area contributed by atoms with Crippen molar-refractivity contribution in [3.63, 3.8) is 0 Å². The van der Waals surface area contributed by atoms with Crippen LogP contribution in [0.3, 0.4) is 0 Å². The van der Waals surface area contributed by atoms with Crippen molar-refractivity contribution < 1.29 is 9.53 Å². The molecule has 0 saturated heterocycles. The highest BCUT2D eigenvalue weighted by atomic mass is 16.5. The summed E-state index contributed by atoms with van der Waals surface area (Å²) in [5.74, 6) is -0.160. The SMILES string of the molecule is C=CCCCCCC/C=C/CCCCCCCCCCOC(C)=O. The van der Waals surface area contributed by atoms with Gasteiger partial charge >= 0.3 is 5.97 Å². The molecule has 0 heterocycles. The number of carbonyl (C=O) groups excluding carboxylic acids is 1. The van der Waals surface area contributed by atoms with Crippen LogP contribution in [-0.2, 0) is 9.53 Å². The van der Waals surface area contributed by atoms with Gasteiger partial charge in [-0.15, -0.1) is 6.58 Å². The van der Waals surface area contributed by atoms with Gasteiger partial charge in [-0.2, -0.15) is 0 Å². The number of hydrogen-bond donors (Lipinski definition) is 0. The van der Waals surface area contributed by atoms with Gasteiger partial charge < -0.3 is 4.74 Å². The maximum atomic E-state index is 10.6. The lowest BCUT2D eigenvalue weighted by atomic mass is 10.1. The fourth-order valence-electron chi connectivity index (χ4n) is 2.78. The third-order valence-electron chi connectivity index (χ3n) is 4.27. The predicted molar refractivity (Wildman–Crippen MR) is 105 cm³/mol. The molecule has 140 valence electrons. The normalized spacial score (nSPS) is 11.0. The standard InChI is InChI=1S/C22H40O2/c1-3-4-5-6-7-8-9-10-11-12-13-14-15-16-17-18-19-20-21-24-22(2)23/h3,10-11H,1,4-9,12-21H2,2H3/b11-10+. The Kier molecular flexibility index (Phi) is 19.1. The minimum atomic E-state index is -0.160. The van der Waals surface area contributed by atoms with E-state index in [9.17, 15) is 4.79 Å². The molecule has 0 N–H and O–H groups in total. The summed E-state index contributed by atoms with van der Waals surface area (Å²) in [7, 11) is 0. The highest BCUT2D eigenvalue weighted by Crippen LogP contribution is 2.11. The summed E-state index contributed by atoms with van der Waals surface area (Å²) >= 11 is 0. The molecule has 2 nitrogen and oxygen atoms in total. The van der Waals surface area contributed by atoms with Crippen LogP contribution in [-0.4, -0.2) is 12.6 Å². The van der Waals surface area contributed by atoms with Crippen LogP contribution in [0.2, 0.25) is 0 Å². The molecule has 0 spiro atoms.